The molecule has 0 saturated carbocycles. The van der Waals surface area contributed by atoms with E-state index in [1.807, 2.05) is 0 Å². The maximum Gasteiger partial charge on any atom is 0.262 e. The molecule has 2 saturated heterocycles. The highest BCUT2D eigenvalue weighted by Gasteiger charge is 2.40. The van der Waals surface area contributed by atoms with Gasteiger partial charge in [-0.25, -0.2) is 13.4 Å². The third kappa shape index (κ3) is 2.02. The van der Waals surface area contributed by atoms with E-state index in [2.05, 4.69) is 16.9 Å². The summed E-state index contributed by atoms with van der Waals surface area (Å²) in [6.45, 7) is 1.10. The molecule has 3 rings (SSSR count). The van der Waals surface area contributed by atoms with Crippen molar-refractivity contribution in [3.63, 3.8) is 0 Å². The molecule has 0 spiro atoms. The van der Waals surface area contributed by atoms with Gasteiger partial charge in [0.2, 0.25) is 0 Å². The van der Waals surface area contributed by atoms with Gasteiger partial charge in [0, 0.05) is 32.2 Å². The van der Waals surface area contributed by atoms with Crippen molar-refractivity contribution in [1.82, 2.24) is 18.8 Å². The second kappa shape index (κ2) is 4.71. The molecule has 2 atom stereocenters. The minimum absolute atomic E-state index is 0.0789. The van der Waals surface area contributed by atoms with Crippen molar-refractivity contribution >= 4 is 15.8 Å². The number of sulfonamides is 1. The molecule has 112 valence electrons. The summed E-state index contributed by atoms with van der Waals surface area (Å²) in [5, 5.41) is 0.109. The van der Waals surface area contributed by atoms with Crippen LogP contribution in [0.4, 0.5) is 5.82 Å². The maximum absolute atomic E-state index is 12.8. The van der Waals surface area contributed by atoms with Crippen LogP contribution < -0.4 is 5.73 Å². The molecule has 2 N–H and O–H groups in total. The van der Waals surface area contributed by atoms with Crippen molar-refractivity contribution < 1.29 is 8.42 Å². The second-order valence-electron chi connectivity index (χ2n) is 5.75. The monoisotopic (exact) mass is 299 g/mol. The molecule has 2 unspecified atom stereocenters. The molecule has 2 aliphatic rings. The summed E-state index contributed by atoms with van der Waals surface area (Å²) in [5.41, 5.74) is 5.73. The quantitative estimate of drug-likeness (QED) is 0.821. The largest absolute Gasteiger partial charge is 0.381 e. The van der Waals surface area contributed by atoms with Crippen LogP contribution in [0.15, 0.2) is 11.4 Å². The molecule has 0 radical (unpaired) electrons. The topological polar surface area (TPSA) is 84.5 Å². The summed E-state index contributed by atoms with van der Waals surface area (Å²) in [6, 6.07) is 0.816. The number of hydrogen-bond donors (Lipinski definition) is 1. The molecule has 1 aromatic rings. The van der Waals surface area contributed by atoms with E-state index in [1.54, 1.807) is 11.4 Å². The van der Waals surface area contributed by atoms with Gasteiger partial charge in [0.15, 0.2) is 10.8 Å². The Kier molecular flexibility index (Phi) is 3.26. The summed E-state index contributed by atoms with van der Waals surface area (Å²) in [6.07, 6.45) is 4.55. The number of hydrogen-bond acceptors (Lipinski definition) is 5. The molecular formula is C12H21N5O2S. The predicted octanol–water partition coefficient (Wildman–Crippen LogP) is -0.140. The van der Waals surface area contributed by atoms with Crippen LogP contribution in [0.25, 0.3) is 0 Å². The van der Waals surface area contributed by atoms with Crippen molar-refractivity contribution in [3.8, 4) is 0 Å². The molecule has 2 fully saturated rings. The first-order valence-corrected chi connectivity index (χ1v) is 8.34. The van der Waals surface area contributed by atoms with Crippen LogP contribution in [0.5, 0.6) is 0 Å². The van der Waals surface area contributed by atoms with Gasteiger partial charge in [-0.2, -0.15) is 4.31 Å². The first kappa shape index (κ1) is 13.8. The van der Waals surface area contributed by atoms with E-state index in [0.717, 1.165) is 12.8 Å². The Hall–Kier alpha value is -1.12. The highest BCUT2D eigenvalue weighted by molar-refractivity contribution is 7.89. The van der Waals surface area contributed by atoms with E-state index < -0.39 is 10.0 Å². The first-order chi connectivity index (χ1) is 9.41. The van der Waals surface area contributed by atoms with E-state index in [4.69, 9.17) is 5.73 Å². The van der Waals surface area contributed by atoms with Gasteiger partial charge in [0.25, 0.3) is 10.0 Å². The number of nitrogens with zero attached hydrogens (tertiary/aromatic N) is 4. The fourth-order valence-electron chi connectivity index (χ4n) is 3.37. The molecular weight excluding hydrogens is 278 g/mol. The highest BCUT2D eigenvalue weighted by atomic mass is 32.2. The minimum Gasteiger partial charge on any atom is -0.381 e. The van der Waals surface area contributed by atoms with Gasteiger partial charge in [0.05, 0.1) is 6.33 Å². The zero-order valence-corrected chi connectivity index (χ0v) is 12.7. The van der Waals surface area contributed by atoms with E-state index in [-0.39, 0.29) is 10.8 Å². The van der Waals surface area contributed by atoms with Crippen LogP contribution in [-0.2, 0) is 17.1 Å². The number of nitrogens with two attached hydrogens (primary N) is 1. The van der Waals surface area contributed by atoms with E-state index in [9.17, 15) is 8.42 Å². The molecule has 8 heteroatoms. The Labute approximate surface area is 119 Å². The summed E-state index contributed by atoms with van der Waals surface area (Å²) in [4.78, 5) is 6.21. The van der Waals surface area contributed by atoms with Crippen molar-refractivity contribution in [2.45, 2.75) is 36.4 Å². The first-order valence-electron chi connectivity index (χ1n) is 6.90. The van der Waals surface area contributed by atoms with Gasteiger partial charge in [0.1, 0.15) is 0 Å². The molecule has 7 nitrogen and oxygen atoms in total. The Bertz CT molecular complexity index is 592. The number of fused-ring (bicyclic) bond motifs is 2. The van der Waals surface area contributed by atoms with Crippen LogP contribution in [0.3, 0.4) is 0 Å². The van der Waals surface area contributed by atoms with Crippen LogP contribution in [0, 0.1) is 0 Å². The molecule has 2 bridgehead atoms. The van der Waals surface area contributed by atoms with Crippen molar-refractivity contribution in [3.05, 3.63) is 6.33 Å². The predicted molar refractivity (Wildman–Crippen MR) is 75.6 cm³/mol. The van der Waals surface area contributed by atoms with Crippen LogP contribution in [0.1, 0.15) is 19.3 Å². The average Bonchev–Trinajstić information content (AvgIpc) is 2.80. The van der Waals surface area contributed by atoms with E-state index in [0.29, 0.717) is 25.2 Å². The lowest BCUT2D eigenvalue weighted by molar-refractivity contribution is 0.246. The molecule has 1 aromatic heterocycles. The second-order valence-corrected chi connectivity index (χ2v) is 7.60. The van der Waals surface area contributed by atoms with Crippen LogP contribution in [0.2, 0.25) is 0 Å². The van der Waals surface area contributed by atoms with Gasteiger partial charge in [-0.05, 0) is 26.3 Å². The number of aromatic nitrogens is 2. The smallest absolute Gasteiger partial charge is 0.262 e. The molecule has 20 heavy (non-hydrogen) atoms. The highest BCUT2D eigenvalue weighted by Crippen LogP contribution is 2.31. The van der Waals surface area contributed by atoms with E-state index in [1.165, 1.54) is 17.3 Å². The normalized spacial score (nSPS) is 28.7. The van der Waals surface area contributed by atoms with Crippen LogP contribution in [-0.4, -0.2) is 59.4 Å². The number of anilines is 1. The number of imidazole rings is 1. The van der Waals surface area contributed by atoms with Gasteiger partial charge < -0.3 is 10.3 Å². The molecule has 3 heterocycles. The Morgan fingerprint density at radius 3 is 2.60 bits per heavy atom. The standard InChI is InChI=1S/C12H21N5O2S/c1-15-8-14-11(13)12(15)20(18,19)17-6-5-9-3-4-10(7-17)16(9)2/h8-10H,3-7,13H2,1-2H3. The zero-order chi connectivity index (χ0) is 14.5. The molecule has 2 aliphatic heterocycles. The fraction of sp³-hybridized carbons (Fsp3) is 0.750. The molecule has 0 aromatic carbocycles. The van der Waals surface area contributed by atoms with Crippen molar-refractivity contribution in [1.29, 1.82) is 0 Å². The lowest BCUT2D eigenvalue weighted by Gasteiger charge is -2.25. The van der Waals surface area contributed by atoms with Gasteiger partial charge >= 0.3 is 0 Å². The minimum atomic E-state index is -3.57. The number of rotatable bonds is 2. The Morgan fingerprint density at radius 2 is 1.95 bits per heavy atom. The summed E-state index contributed by atoms with van der Waals surface area (Å²) in [5.74, 6) is 0.0789. The molecule has 0 amide bonds. The van der Waals surface area contributed by atoms with E-state index >= 15 is 0 Å². The maximum atomic E-state index is 12.8. The lowest BCUT2D eigenvalue weighted by atomic mass is 10.1. The lowest BCUT2D eigenvalue weighted by Crippen LogP contribution is -2.40. The summed E-state index contributed by atoms with van der Waals surface area (Å²) in [7, 11) is 0.186. The summed E-state index contributed by atoms with van der Waals surface area (Å²) >= 11 is 0. The number of aryl methyl sites for hydroxylation is 1. The van der Waals surface area contributed by atoms with Gasteiger partial charge in [-0.1, -0.05) is 0 Å². The fourth-order valence-corrected chi connectivity index (χ4v) is 5.06. The van der Waals surface area contributed by atoms with Crippen LogP contribution >= 0.6 is 0 Å². The Morgan fingerprint density at radius 1 is 1.25 bits per heavy atom. The van der Waals surface area contributed by atoms with Gasteiger partial charge in [-0.3, -0.25) is 4.90 Å². The number of nitrogen functional groups attached to an aromatic ring is 1. The SMILES string of the molecule is CN1C2CCC1CN(S(=O)(=O)c1c(N)ncn1C)CC2. The zero-order valence-electron chi connectivity index (χ0n) is 11.9. The van der Waals surface area contributed by atoms with Gasteiger partial charge in [-0.15, -0.1) is 0 Å². The number of likely N-dealkylation sites (N-methyl/N-ethyl adjacent to an activating group) is 1. The average molecular weight is 299 g/mol. The van der Waals surface area contributed by atoms with Crippen molar-refractivity contribution in [2.75, 3.05) is 25.9 Å². The third-order valence-corrected chi connectivity index (χ3v) is 6.60. The summed E-state index contributed by atoms with van der Waals surface area (Å²) < 4.78 is 28.6. The Balaban J connectivity index is 1.93. The van der Waals surface area contributed by atoms with Crippen molar-refractivity contribution in [2.24, 2.45) is 7.05 Å². The molecule has 0 aliphatic carbocycles. The third-order valence-electron chi connectivity index (χ3n) is 4.60.